The van der Waals surface area contributed by atoms with E-state index in [4.69, 9.17) is 5.26 Å². The molecule has 2 atom stereocenters. The molecule has 1 aliphatic heterocycles. The van der Waals surface area contributed by atoms with Crippen molar-refractivity contribution in [3.63, 3.8) is 0 Å². The fourth-order valence-corrected chi connectivity index (χ4v) is 2.57. The number of hydrogen-bond donors (Lipinski definition) is 1. The number of anilines is 1. The summed E-state index contributed by atoms with van der Waals surface area (Å²) in [7, 11) is 0. The van der Waals surface area contributed by atoms with E-state index in [2.05, 4.69) is 0 Å². The summed E-state index contributed by atoms with van der Waals surface area (Å²) in [4.78, 5) is 12.3. The van der Waals surface area contributed by atoms with Gasteiger partial charge in [-0.05, 0) is 24.6 Å². The highest BCUT2D eigenvalue weighted by molar-refractivity contribution is 5.96. The van der Waals surface area contributed by atoms with Crippen LogP contribution >= 0.6 is 0 Å². The molecule has 0 bridgehead atoms. The molecule has 1 fully saturated rings. The van der Waals surface area contributed by atoms with Crippen LogP contribution in [0.5, 0.6) is 0 Å². The summed E-state index contributed by atoms with van der Waals surface area (Å²) < 4.78 is 77.0. The zero-order valence-corrected chi connectivity index (χ0v) is 11.8. The second-order valence-electron chi connectivity index (χ2n) is 5.20. The van der Waals surface area contributed by atoms with Gasteiger partial charge in [-0.25, -0.2) is 0 Å². The first-order valence-electron chi connectivity index (χ1n) is 6.65. The molecule has 0 unspecified atom stereocenters. The highest BCUT2D eigenvalue weighted by Gasteiger charge is 2.49. The fourth-order valence-electron chi connectivity index (χ4n) is 2.57. The highest BCUT2D eigenvalue weighted by Crippen LogP contribution is 2.38. The molecule has 4 nitrogen and oxygen atoms in total. The van der Waals surface area contributed by atoms with Crippen molar-refractivity contribution in [1.82, 2.24) is 0 Å². The van der Waals surface area contributed by atoms with Gasteiger partial charge < -0.3 is 10.0 Å². The molecule has 0 radical (unpaired) electrons. The lowest BCUT2D eigenvalue weighted by atomic mass is 10.0. The molecule has 0 saturated carbocycles. The van der Waals surface area contributed by atoms with Crippen molar-refractivity contribution in [3.8, 4) is 6.07 Å². The smallest absolute Gasteiger partial charge is 0.382 e. The summed E-state index contributed by atoms with van der Waals surface area (Å²) in [5.74, 6) is -0.832. The second kappa shape index (κ2) is 5.98. The summed E-state index contributed by atoms with van der Waals surface area (Å²) in [5.41, 5.74) is -2.52. The maximum Gasteiger partial charge on any atom is 0.417 e. The molecule has 1 N–H and O–H groups in total. The van der Waals surface area contributed by atoms with Crippen LogP contribution in [0.25, 0.3) is 0 Å². The average Bonchev–Trinajstić information content (AvgIpc) is 2.85. The van der Waals surface area contributed by atoms with Gasteiger partial charge in [-0.15, -0.1) is 0 Å². The van der Waals surface area contributed by atoms with Gasteiger partial charge in [0.1, 0.15) is 0 Å². The summed E-state index contributed by atoms with van der Waals surface area (Å²) in [6.07, 6.45) is -13.5. The van der Waals surface area contributed by atoms with Crippen molar-refractivity contribution in [2.75, 3.05) is 4.90 Å². The van der Waals surface area contributed by atoms with Crippen LogP contribution in [-0.2, 0) is 11.0 Å². The van der Waals surface area contributed by atoms with Crippen molar-refractivity contribution in [3.05, 3.63) is 29.3 Å². The zero-order chi connectivity index (χ0) is 18.3. The van der Waals surface area contributed by atoms with E-state index in [0.717, 1.165) is 12.1 Å². The van der Waals surface area contributed by atoms with Crippen molar-refractivity contribution in [2.45, 2.75) is 37.3 Å². The van der Waals surface area contributed by atoms with E-state index in [0.29, 0.717) is 11.0 Å². The topological polar surface area (TPSA) is 64.3 Å². The van der Waals surface area contributed by atoms with E-state index < -0.39 is 47.2 Å². The average molecular weight is 352 g/mol. The number of nitrogens with zero attached hydrogens (tertiary/aromatic N) is 2. The number of carbonyl (C=O) groups is 1. The number of amides is 1. The lowest BCUT2D eigenvalue weighted by Gasteiger charge is -2.30. The number of aliphatic hydroxyl groups excluding tert-OH is 1. The van der Waals surface area contributed by atoms with Gasteiger partial charge in [0.15, 0.2) is 6.10 Å². The Hall–Kier alpha value is -2.28. The molecule has 1 heterocycles. The van der Waals surface area contributed by atoms with Crippen molar-refractivity contribution >= 4 is 11.6 Å². The minimum Gasteiger partial charge on any atom is -0.382 e. The Kier molecular flexibility index (Phi) is 4.50. The number of carbonyl (C=O) groups excluding carboxylic acids is 1. The minimum atomic E-state index is -5.02. The molecular weight excluding hydrogens is 342 g/mol. The molecule has 1 amide bonds. The van der Waals surface area contributed by atoms with Crippen LogP contribution in [0, 0.1) is 11.3 Å². The van der Waals surface area contributed by atoms with Gasteiger partial charge in [0.05, 0.1) is 23.2 Å². The molecule has 24 heavy (non-hydrogen) atoms. The Balaban J connectivity index is 2.49. The lowest BCUT2D eigenvalue weighted by Crippen LogP contribution is -2.48. The Morgan fingerprint density at radius 1 is 1.25 bits per heavy atom. The molecule has 1 aliphatic rings. The third-order valence-corrected chi connectivity index (χ3v) is 3.66. The van der Waals surface area contributed by atoms with Crippen LogP contribution in [0.1, 0.15) is 24.0 Å². The first-order valence-corrected chi connectivity index (χ1v) is 6.65. The Morgan fingerprint density at radius 2 is 1.88 bits per heavy atom. The number of halogens is 6. The van der Waals surface area contributed by atoms with Gasteiger partial charge in [0.2, 0.25) is 5.91 Å². The van der Waals surface area contributed by atoms with E-state index in [1.807, 2.05) is 0 Å². The van der Waals surface area contributed by atoms with Crippen LogP contribution in [-0.4, -0.2) is 29.3 Å². The summed E-state index contributed by atoms with van der Waals surface area (Å²) >= 11 is 0. The molecule has 1 saturated heterocycles. The van der Waals surface area contributed by atoms with Crippen molar-refractivity contribution in [1.29, 1.82) is 5.26 Å². The molecule has 10 heteroatoms. The third-order valence-electron chi connectivity index (χ3n) is 3.66. The van der Waals surface area contributed by atoms with Gasteiger partial charge >= 0.3 is 12.4 Å². The van der Waals surface area contributed by atoms with E-state index >= 15 is 0 Å². The summed E-state index contributed by atoms with van der Waals surface area (Å²) in [5, 5.41) is 18.1. The Labute approximate surface area is 131 Å². The highest BCUT2D eigenvalue weighted by atomic mass is 19.4. The first-order chi connectivity index (χ1) is 11.0. The molecule has 1 aromatic carbocycles. The van der Waals surface area contributed by atoms with Crippen LogP contribution in [0.3, 0.4) is 0 Å². The minimum absolute atomic E-state index is 0.334. The number of alkyl halides is 6. The number of benzene rings is 1. The standard InChI is InChI=1S/C14H10F6N2O2/c15-13(16,17)9-5-8(2-1-7(9)6-21)22-10(3-4-11(22)23)12(24)14(18,19)20/h1-2,5,10,12,24H,3-4H2/t10-,12-/m1/s1. The zero-order valence-electron chi connectivity index (χ0n) is 11.8. The molecule has 0 aromatic heterocycles. The van der Waals surface area contributed by atoms with Gasteiger partial charge in [0, 0.05) is 12.1 Å². The number of hydrogen-bond acceptors (Lipinski definition) is 3. The fraction of sp³-hybridized carbons (Fsp3) is 0.429. The van der Waals surface area contributed by atoms with E-state index in [9.17, 15) is 36.2 Å². The van der Waals surface area contributed by atoms with Crippen LogP contribution < -0.4 is 4.90 Å². The van der Waals surface area contributed by atoms with E-state index in [1.54, 1.807) is 0 Å². The SMILES string of the molecule is N#Cc1ccc(N2C(=O)CC[C@@H]2[C@@H](O)C(F)(F)F)cc1C(F)(F)F. The monoisotopic (exact) mass is 352 g/mol. The molecule has 1 aromatic rings. The van der Waals surface area contributed by atoms with Crippen molar-refractivity contribution < 1.29 is 36.2 Å². The van der Waals surface area contributed by atoms with E-state index in [-0.39, 0.29) is 12.8 Å². The summed E-state index contributed by atoms with van der Waals surface area (Å²) in [6.45, 7) is 0. The number of aliphatic hydroxyl groups is 1. The maximum atomic E-state index is 13.0. The van der Waals surface area contributed by atoms with E-state index in [1.165, 1.54) is 6.07 Å². The number of nitriles is 1. The van der Waals surface area contributed by atoms with Crippen LogP contribution in [0.2, 0.25) is 0 Å². The molecule has 0 spiro atoms. The quantitative estimate of drug-likeness (QED) is 0.833. The van der Waals surface area contributed by atoms with Gasteiger partial charge in [-0.1, -0.05) is 0 Å². The lowest BCUT2D eigenvalue weighted by molar-refractivity contribution is -0.209. The normalized spacial score (nSPS) is 20.2. The predicted molar refractivity (Wildman–Crippen MR) is 68.7 cm³/mol. The van der Waals surface area contributed by atoms with Crippen LogP contribution in [0.4, 0.5) is 32.0 Å². The summed E-state index contributed by atoms with van der Waals surface area (Å²) in [6, 6.07) is 1.79. The molecule has 2 rings (SSSR count). The first kappa shape index (κ1) is 18.1. The second-order valence-corrected chi connectivity index (χ2v) is 5.20. The van der Waals surface area contributed by atoms with Crippen LogP contribution in [0.15, 0.2) is 18.2 Å². The molecule has 130 valence electrons. The largest absolute Gasteiger partial charge is 0.417 e. The van der Waals surface area contributed by atoms with Crippen molar-refractivity contribution in [2.24, 2.45) is 0 Å². The predicted octanol–water partition coefficient (Wildman–Crippen LogP) is 3.00. The number of rotatable bonds is 2. The van der Waals surface area contributed by atoms with Gasteiger partial charge in [-0.2, -0.15) is 31.6 Å². The van der Waals surface area contributed by atoms with Gasteiger partial charge in [-0.3, -0.25) is 4.79 Å². The molecule has 0 aliphatic carbocycles. The van der Waals surface area contributed by atoms with Gasteiger partial charge in [0.25, 0.3) is 0 Å². The Bertz CT molecular complexity index is 692. The molecular formula is C14H10F6N2O2. The third kappa shape index (κ3) is 3.31. The Morgan fingerprint density at radius 3 is 2.38 bits per heavy atom. The maximum absolute atomic E-state index is 13.0.